The molecule has 0 amide bonds. The molecule has 0 radical (unpaired) electrons. The van der Waals surface area contributed by atoms with Crippen molar-refractivity contribution in [1.82, 2.24) is 19.4 Å². The summed E-state index contributed by atoms with van der Waals surface area (Å²) < 4.78 is 1.83. The first kappa shape index (κ1) is 5.34. The summed E-state index contributed by atoms with van der Waals surface area (Å²) in [5, 5.41) is 0. The second kappa shape index (κ2) is 1.76. The third-order valence-corrected chi connectivity index (χ3v) is 1.38. The van der Waals surface area contributed by atoms with E-state index in [4.69, 9.17) is 0 Å². The number of aromatic nitrogens is 4. The van der Waals surface area contributed by atoms with Gasteiger partial charge in [-0.1, -0.05) is 0 Å². The van der Waals surface area contributed by atoms with Gasteiger partial charge in [0.15, 0.2) is 0 Å². The lowest BCUT2D eigenvalue weighted by Crippen LogP contribution is -1.90. The predicted octanol–water partition coefficient (Wildman–Crippen LogP) is 0.433. The average molecular weight is 134 g/mol. The highest BCUT2D eigenvalue weighted by Gasteiger charge is 1.95. The second-order valence-electron chi connectivity index (χ2n) is 2.08. The molecule has 10 heavy (non-hydrogen) atoms. The minimum absolute atomic E-state index is 0.701. The zero-order valence-electron chi connectivity index (χ0n) is 5.52. The summed E-state index contributed by atoms with van der Waals surface area (Å²) in [5.74, 6) is 0.701. The fourth-order valence-corrected chi connectivity index (χ4v) is 0.853. The molecule has 2 heterocycles. The summed E-state index contributed by atoms with van der Waals surface area (Å²) >= 11 is 0. The van der Waals surface area contributed by atoms with E-state index in [0.29, 0.717) is 5.78 Å². The van der Waals surface area contributed by atoms with Crippen LogP contribution >= 0.6 is 0 Å². The number of nitrogens with zero attached hydrogens (tertiary/aromatic N) is 4. The van der Waals surface area contributed by atoms with E-state index in [1.165, 1.54) is 6.33 Å². The van der Waals surface area contributed by atoms with Crippen LogP contribution in [-0.2, 0) is 0 Å². The Morgan fingerprint density at radius 2 is 2.30 bits per heavy atom. The smallest absolute Gasteiger partial charge is 0.236 e. The maximum Gasteiger partial charge on any atom is 0.236 e. The molecule has 0 saturated carbocycles. The van der Waals surface area contributed by atoms with E-state index < -0.39 is 0 Å². The van der Waals surface area contributed by atoms with Crippen LogP contribution in [0.15, 0.2) is 18.9 Å². The molecule has 0 atom stereocenters. The molecule has 0 aliphatic heterocycles. The summed E-state index contributed by atoms with van der Waals surface area (Å²) in [6.45, 7) is 1.96. The van der Waals surface area contributed by atoms with Crippen LogP contribution in [0.2, 0.25) is 0 Å². The van der Waals surface area contributed by atoms with Gasteiger partial charge in [0.2, 0.25) is 5.78 Å². The van der Waals surface area contributed by atoms with Crippen molar-refractivity contribution in [2.75, 3.05) is 0 Å². The van der Waals surface area contributed by atoms with Crippen molar-refractivity contribution in [2.45, 2.75) is 6.92 Å². The molecule has 0 fully saturated rings. The third kappa shape index (κ3) is 0.586. The molecule has 4 nitrogen and oxygen atoms in total. The standard InChI is InChI=1S/C6H6N4/c1-5-2-8-6-9-3-7-4-10(5)6/h2-4H,1H3. The average Bonchev–Trinajstić information content (AvgIpc) is 2.34. The lowest BCUT2D eigenvalue weighted by molar-refractivity contribution is 0.981. The minimum Gasteiger partial charge on any atom is -0.272 e. The van der Waals surface area contributed by atoms with Crippen LogP contribution in [-0.4, -0.2) is 19.4 Å². The largest absolute Gasteiger partial charge is 0.272 e. The molecule has 0 bridgehead atoms. The molecule has 2 aromatic rings. The Labute approximate surface area is 57.6 Å². The van der Waals surface area contributed by atoms with Gasteiger partial charge in [-0.2, -0.15) is 0 Å². The summed E-state index contributed by atoms with van der Waals surface area (Å²) in [5.41, 5.74) is 1.05. The van der Waals surface area contributed by atoms with Crippen molar-refractivity contribution in [1.29, 1.82) is 0 Å². The van der Waals surface area contributed by atoms with Gasteiger partial charge < -0.3 is 0 Å². The Kier molecular flexibility index (Phi) is 0.943. The Morgan fingerprint density at radius 1 is 1.40 bits per heavy atom. The highest BCUT2D eigenvalue weighted by Crippen LogP contribution is 1.98. The quantitative estimate of drug-likeness (QED) is 0.524. The molecule has 50 valence electrons. The summed E-state index contributed by atoms with van der Waals surface area (Å²) in [7, 11) is 0. The van der Waals surface area contributed by atoms with E-state index in [-0.39, 0.29) is 0 Å². The van der Waals surface area contributed by atoms with Crippen LogP contribution in [0.3, 0.4) is 0 Å². The van der Waals surface area contributed by atoms with Crippen molar-refractivity contribution in [2.24, 2.45) is 0 Å². The molecule has 0 aliphatic rings. The lowest BCUT2D eigenvalue weighted by atomic mass is 10.6. The molecule has 0 aromatic carbocycles. The molecule has 2 aromatic heterocycles. The van der Waals surface area contributed by atoms with Crippen LogP contribution in [0.1, 0.15) is 5.69 Å². The number of aryl methyl sites for hydroxylation is 1. The lowest BCUT2D eigenvalue weighted by Gasteiger charge is -1.89. The van der Waals surface area contributed by atoms with Crippen molar-refractivity contribution >= 4 is 5.78 Å². The first-order chi connectivity index (χ1) is 4.88. The van der Waals surface area contributed by atoms with E-state index in [9.17, 15) is 0 Å². The number of hydrogen-bond acceptors (Lipinski definition) is 3. The Hall–Kier alpha value is -1.45. The fraction of sp³-hybridized carbons (Fsp3) is 0.167. The molecule has 0 N–H and O–H groups in total. The summed E-state index contributed by atoms with van der Waals surface area (Å²) in [4.78, 5) is 11.8. The van der Waals surface area contributed by atoms with Crippen molar-refractivity contribution in [3.63, 3.8) is 0 Å². The summed E-state index contributed by atoms with van der Waals surface area (Å²) in [6, 6.07) is 0. The van der Waals surface area contributed by atoms with Crippen LogP contribution in [0.4, 0.5) is 0 Å². The van der Waals surface area contributed by atoms with Crippen molar-refractivity contribution in [3.05, 3.63) is 24.5 Å². The minimum atomic E-state index is 0.701. The molecule has 2 rings (SSSR count). The van der Waals surface area contributed by atoms with Gasteiger partial charge in [0, 0.05) is 5.69 Å². The van der Waals surface area contributed by atoms with Gasteiger partial charge in [0.25, 0.3) is 0 Å². The van der Waals surface area contributed by atoms with Gasteiger partial charge in [-0.05, 0) is 6.92 Å². The Morgan fingerprint density at radius 3 is 3.10 bits per heavy atom. The van der Waals surface area contributed by atoms with E-state index in [1.807, 2.05) is 11.3 Å². The first-order valence-corrected chi connectivity index (χ1v) is 2.97. The zero-order chi connectivity index (χ0) is 6.97. The van der Waals surface area contributed by atoms with E-state index in [2.05, 4.69) is 15.0 Å². The maximum absolute atomic E-state index is 4.03. The first-order valence-electron chi connectivity index (χ1n) is 2.97. The van der Waals surface area contributed by atoms with Crippen LogP contribution in [0, 0.1) is 6.92 Å². The molecule has 4 heteroatoms. The second-order valence-corrected chi connectivity index (χ2v) is 2.08. The Balaban J connectivity index is 2.93. The van der Waals surface area contributed by atoms with Gasteiger partial charge in [-0.15, -0.1) is 0 Å². The molecule has 0 aliphatic carbocycles. The van der Waals surface area contributed by atoms with E-state index in [1.54, 1.807) is 12.5 Å². The maximum atomic E-state index is 4.03. The Bertz CT molecular complexity index is 351. The molecular formula is C6H6N4. The SMILES string of the molecule is Cc1cnc2ncncn12. The number of fused-ring (bicyclic) bond motifs is 1. The zero-order valence-corrected chi connectivity index (χ0v) is 5.52. The van der Waals surface area contributed by atoms with Gasteiger partial charge in [0.1, 0.15) is 12.7 Å². The highest BCUT2D eigenvalue weighted by atomic mass is 15.1. The topological polar surface area (TPSA) is 43.1 Å². The van der Waals surface area contributed by atoms with Gasteiger partial charge in [0.05, 0.1) is 6.20 Å². The van der Waals surface area contributed by atoms with Crippen LogP contribution in [0.5, 0.6) is 0 Å². The molecule has 0 saturated heterocycles. The van der Waals surface area contributed by atoms with Crippen LogP contribution < -0.4 is 0 Å². The number of hydrogen-bond donors (Lipinski definition) is 0. The van der Waals surface area contributed by atoms with E-state index >= 15 is 0 Å². The number of rotatable bonds is 0. The van der Waals surface area contributed by atoms with Gasteiger partial charge in [-0.25, -0.2) is 15.0 Å². The normalized spacial score (nSPS) is 10.5. The molecular weight excluding hydrogens is 128 g/mol. The van der Waals surface area contributed by atoms with Gasteiger partial charge in [-0.3, -0.25) is 4.40 Å². The number of imidazole rings is 1. The predicted molar refractivity (Wildman–Crippen MR) is 35.5 cm³/mol. The van der Waals surface area contributed by atoms with Gasteiger partial charge >= 0.3 is 0 Å². The monoisotopic (exact) mass is 134 g/mol. The highest BCUT2D eigenvalue weighted by molar-refractivity contribution is 5.27. The fourth-order valence-electron chi connectivity index (χ4n) is 0.853. The third-order valence-electron chi connectivity index (χ3n) is 1.38. The van der Waals surface area contributed by atoms with E-state index in [0.717, 1.165) is 5.69 Å². The van der Waals surface area contributed by atoms with Crippen molar-refractivity contribution < 1.29 is 0 Å². The van der Waals surface area contributed by atoms with Crippen molar-refractivity contribution in [3.8, 4) is 0 Å². The van der Waals surface area contributed by atoms with Crippen LogP contribution in [0.25, 0.3) is 5.78 Å². The summed E-state index contributed by atoms with van der Waals surface area (Å²) in [6.07, 6.45) is 4.95. The molecule has 0 unspecified atom stereocenters. The molecule has 0 spiro atoms.